The minimum atomic E-state index is 0.533. The van der Waals surface area contributed by atoms with E-state index in [2.05, 4.69) is 34.6 Å². The van der Waals surface area contributed by atoms with Crippen molar-refractivity contribution in [2.75, 3.05) is 0 Å². The molecule has 0 aromatic heterocycles. The summed E-state index contributed by atoms with van der Waals surface area (Å²) in [6.07, 6.45) is 4.31. The monoisotopic (exact) mass is 168 g/mol. The summed E-state index contributed by atoms with van der Waals surface area (Å²) in [6.45, 7) is 12.0. The third-order valence-corrected chi connectivity index (χ3v) is 3.57. The lowest BCUT2D eigenvalue weighted by atomic mass is 9.74. The van der Waals surface area contributed by atoms with Crippen LogP contribution in [0.5, 0.6) is 0 Å². The normalized spacial score (nSPS) is 37.2. The van der Waals surface area contributed by atoms with Gasteiger partial charge in [-0.2, -0.15) is 0 Å². The van der Waals surface area contributed by atoms with Crippen LogP contribution in [0.25, 0.3) is 0 Å². The van der Waals surface area contributed by atoms with Gasteiger partial charge in [0.1, 0.15) is 0 Å². The van der Waals surface area contributed by atoms with E-state index in [1.807, 2.05) is 0 Å². The van der Waals surface area contributed by atoms with E-state index in [0.29, 0.717) is 5.41 Å². The Morgan fingerprint density at radius 2 is 1.75 bits per heavy atom. The molecular formula is C12H24. The quantitative estimate of drug-likeness (QED) is 0.553. The maximum atomic E-state index is 2.41. The number of hydrogen-bond donors (Lipinski definition) is 0. The van der Waals surface area contributed by atoms with Crippen molar-refractivity contribution in [3.63, 3.8) is 0 Å². The standard InChI is InChI=1S/C12H24/c1-6-10-7-9(2)8-11(10)12(3,4)5/h9-11H,6-8H2,1-5H3. The molecule has 72 valence electrons. The van der Waals surface area contributed by atoms with Gasteiger partial charge in [0.15, 0.2) is 0 Å². The molecule has 1 saturated carbocycles. The van der Waals surface area contributed by atoms with Gasteiger partial charge in [-0.1, -0.05) is 41.0 Å². The van der Waals surface area contributed by atoms with Gasteiger partial charge in [0.2, 0.25) is 0 Å². The van der Waals surface area contributed by atoms with Crippen LogP contribution >= 0.6 is 0 Å². The first-order valence-corrected chi connectivity index (χ1v) is 5.45. The Hall–Kier alpha value is 0. The van der Waals surface area contributed by atoms with Gasteiger partial charge < -0.3 is 0 Å². The van der Waals surface area contributed by atoms with Crippen molar-refractivity contribution in [3.05, 3.63) is 0 Å². The molecule has 0 saturated heterocycles. The summed E-state index contributed by atoms with van der Waals surface area (Å²) in [5.74, 6) is 2.94. The lowest BCUT2D eigenvalue weighted by Crippen LogP contribution is -2.23. The lowest BCUT2D eigenvalue weighted by molar-refractivity contribution is 0.181. The van der Waals surface area contributed by atoms with E-state index < -0.39 is 0 Å². The molecule has 3 unspecified atom stereocenters. The van der Waals surface area contributed by atoms with Crippen molar-refractivity contribution in [2.24, 2.45) is 23.2 Å². The SMILES string of the molecule is CCC1CC(C)CC1C(C)(C)C. The zero-order valence-corrected chi connectivity index (χ0v) is 9.35. The first-order chi connectivity index (χ1) is 5.45. The molecule has 0 nitrogen and oxygen atoms in total. The van der Waals surface area contributed by atoms with Gasteiger partial charge in [-0.25, -0.2) is 0 Å². The van der Waals surface area contributed by atoms with Gasteiger partial charge in [0.05, 0.1) is 0 Å². The van der Waals surface area contributed by atoms with Crippen LogP contribution in [0, 0.1) is 23.2 Å². The second-order valence-electron chi connectivity index (χ2n) is 5.72. The van der Waals surface area contributed by atoms with Gasteiger partial charge in [-0.15, -0.1) is 0 Å². The van der Waals surface area contributed by atoms with E-state index in [-0.39, 0.29) is 0 Å². The molecule has 3 atom stereocenters. The Kier molecular flexibility index (Phi) is 2.85. The molecule has 1 fully saturated rings. The highest BCUT2D eigenvalue weighted by molar-refractivity contribution is 4.87. The van der Waals surface area contributed by atoms with Gasteiger partial charge in [-0.3, -0.25) is 0 Å². The summed E-state index contributed by atoms with van der Waals surface area (Å²) in [7, 11) is 0. The van der Waals surface area contributed by atoms with E-state index in [9.17, 15) is 0 Å². The van der Waals surface area contributed by atoms with Gasteiger partial charge >= 0.3 is 0 Å². The average Bonchev–Trinajstić information content (AvgIpc) is 2.29. The Morgan fingerprint density at radius 1 is 1.17 bits per heavy atom. The molecule has 12 heavy (non-hydrogen) atoms. The third-order valence-electron chi connectivity index (χ3n) is 3.57. The van der Waals surface area contributed by atoms with Crippen LogP contribution in [0.1, 0.15) is 53.9 Å². The molecular weight excluding hydrogens is 144 g/mol. The highest BCUT2D eigenvalue weighted by atomic mass is 14.4. The Bertz CT molecular complexity index is 141. The maximum Gasteiger partial charge on any atom is -0.0334 e. The summed E-state index contributed by atoms with van der Waals surface area (Å²) in [6, 6.07) is 0. The summed E-state index contributed by atoms with van der Waals surface area (Å²) in [5, 5.41) is 0. The molecule has 0 bridgehead atoms. The zero-order chi connectivity index (χ0) is 9.35. The minimum absolute atomic E-state index is 0.533. The fourth-order valence-corrected chi connectivity index (χ4v) is 2.92. The van der Waals surface area contributed by atoms with E-state index in [1.165, 1.54) is 19.3 Å². The predicted octanol–water partition coefficient (Wildman–Crippen LogP) is 4.10. The van der Waals surface area contributed by atoms with Crippen molar-refractivity contribution >= 4 is 0 Å². The van der Waals surface area contributed by atoms with E-state index >= 15 is 0 Å². The smallest absolute Gasteiger partial charge is 0.0334 e. The van der Waals surface area contributed by atoms with Crippen LogP contribution < -0.4 is 0 Å². The maximum absolute atomic E-state index is 2.41. The number of rotatable bonds is 1. The highest BCUT2D eigenvalue weighted by Crippen LogP contribution is 2.47. The summed E-state index contributed by atoms with van der Waals surface area (Å²) < 4.78 is 0. The van der Waals surface area contributed by atoms with Crippen LogP contribution in [0.3, 0.4) is 0 Å². The van der Waals surface area contributed by atoms with Crippen molar-refractivity contribution in [2.45, 2.75) is 53.9 Å². The van der Waals surface area contributed by atoms with Gasteiger partial charge in [0, 0.05) is 0 Å². The van der Waals surface area contributed by atoms with Crippen LogP contribution in [0.4, 0.5) is 0 Å². The molecule has 1 aliphatic rings. The van der Waals surface area contributed by atoms with Crippen molar-refractivity contribution < 1.29 is 0 Å². The Labute approximate surface area is 77.7 Å². The molecule has 0 N–H and O–H groups in total. The Morgan fingerprint density at radius 3 is 2.08 bits per heavy atom. The molecule has 1 rings (SSSR count). The predicted molar refractivity (Wildman–Crippen MR) is 55.1 cm³/mol. The molecule has 0 amide bonds. The summed E-state index contributed by atoms with van der Waals surface area (Å²) >= 11 is 0. The summed E-state index contributed by atoms with van der Waals surface area (Å²) in [4.78, 5) is 0. The fraction of sp³-hybridized carbons (Fsp3) is 1.00. The van der Waals surface area contributed by atoms with Crippen molar-refractivity contribution in [3.8, 4) is 0 Å². The molecule has 0 radical (unpaired) electrons. The second kappa shape index (κ2) is 3.40. The third kappa shape index (κ3) is 2.02. The topological polar surface area (TPSA) is 0 Å². The van der Waals surface area contributed by atoms with Crippen molar-refractivity contribution in [1.29, 1.82) is 0 Å². The molecule has 0 heteroatoms. The Balaban J connectivity index is 2.64. The fourth-order valence-electron chi connectivity index (χ4n) is 2.92. The van der Waals surface area contributed by atoms with Gasteiger partial charge in [-0.05, 0) is 36.0 Å². The molecule has 0 aliphatic heterocycles. The molecule has 0 aromatic rings. The molecule has 0 heterocycles. The van der Waals surface area contributed by atoms with Crippen molar-refractivity contribution in [1.82, 2.24) is 0 Å². The molecule has 0 spiro atoms. The van der Waals surface area contributed by atoms with Crippen LogP contribution in [0.2, 0.25) is 0 Å². The van der Waals surface area contributed by atoms with Crippen LogP contribution in [-0.4, -0.2) is 0 Å². The first-order valence-electron chi connectivity index (χ1n) is 5.45. The second-order valence-corrected chi connectivity index (χ2v) is 5.72. The molecule has 0 aromatic carbocycles. The largest absolute Gasteiger partial charge is 0.0651 e. The highest BCUT2D eigenvalue weighted by Gasteiger charge is 2.37. The van der Waals surface area contributed by atoms with Crippen LogP contribution in [-0.2, 0) is 0 Å². The summed E-state index contributed by atoms with van der Waals surface area (Å²) in [5.41, 5.74) is 0.533. The van der Waals surface area contributed by atoms with E-state index in [4.69, 9.17) is 0 Å². The number of hydrogen-bond acceptors (Lipinski definition) is 0. The van der Waals surface area contributed by atoms with Gasteiger partial charge in [0.25, 0.3) is 0 Å². The molecule has 1 aliphatic carbocycles. The zero-order valence-electron chi connectivity index (χ0n) is 9.35. The van der Waals surface area contributed by atoms with E-state index in [1.54, 1.807) is 0 Å². The lowest BCUT2D eigenvalue weighted by Gasteiger charge is -2.31. The van der Waals surface area contributed by atoms with E-state index in [0.717, 1.165) is 17.8 Å². The minimum Gasteiger partial charge on any atom is -0.0651 e. The average molecular weight is 168 g/mol. The van der Waals surface area contributed by atoms with Crippen LogP contribution in [0.15, 0.2) is 0 Å². The first kappa shape index (κ1) is 10.1.